The molecule has 0 unspecified atom stereocenters. The number of amides is 2. The van der Waals surface area contributed by atoms with E-state index in [4.69, 9.17) is 0 Å². The molecular formula is C22H22N4O2. The summed E-state index contributed by atoms with van der Waals surface area (Å²) in [5, 5.41) is 2.66. The lowest BCUT2D eigenvalue weighted by Gasteiger charge is -2.16. The summed E-state index contributed by atoms with van der Waals surface area (Å²) >= 11 is 0. The van der Waals surface area contributed by atoms with Crippen molar-refractivity contribution >= 4 is 11.8 Å². The van der Waals surface area contributed by atoms with Gasteiger partial charge in [0, 0.05) is 43.1 Å². The first-order valence-corrected chi connectivity index (χ1v) is 9.36. The molecule has 28 heavy (non-hydrogen) atoms. The predicted molar refractivity (Wildman–Crippen MR) is 107 cm³/mol. The molecule has 2 aromatic carbocycles. The molecule has 3 aromatic rings. The van der Waals surface area contributed by atoms with E-state index in [9.17, 15) is 9.59 Å². The number of aromatic nitrogens is 2. The Morgan fingerprint density at radius 3 is 2.54 bits per heavy atom. The SMILES string of the molecule is CNC(=O)[C@H]1CCN(C(=O)c2ccc(-c3cn(-c4ccccc4)cn3)cc2)C1. The van der Waals surface area contributed by atoms with Gasteiger partial charge in [-0.3, -0.25) is 9.59 Å². The van der Waals surface area contributed by atoms with Crippen molar-refractivity contribution in [2.45, 2.75) is 6.42 Å². The van der Waals surface area contributed by atoms with E-state index in [1.54, 1.807) is 18.3 Å². The summed E-state index contributed by atoms with van der Waals surface area (Å²) in [6, 6.07) is 17.5. The summed E-state index contributed by atoms with van der Waals surface area (Å²) in [6.07, 6.45) is 4.47. The molecule has 2 amide bonds. The van der Waals surface area contributed by atoms with Crippen molar-refractivity contribution in [2.75, 3.05) is 20.1 Å². The summed E-state index contributed by atoms with van der Waals surface area (Å²) in [4.78, 5) is 30.7. The van der Waals surface area contributed by atoms with Gasteiger partial charge in [0.05, 0.1) is 17.9 Å². The smallest absolute Gasteiger partial charge is 0.253 e. The average molecular weight is 374 g/mol. The van der Waals surface area contributed by atoms with E-state index in [2.05, 4.69) is 10.3 Å². The van der Waals surface area contributed by atoms with Gasteiger partial charge in [0.15, 0.2) is 0 Å². The number of imidazole rings is 1. The number of benzene rings is 2. The molecule has 6 heteroatoms. The number of nitrogens with one attached hydrogen (secondary N) is 1. The Morgan fingerprint density at radius 2 is 1.82 bits per heavy atom. The summed E-state index contributed by atoms with van der Waals surface area (Å²) in [5.74, 6) is -0.150. The van der Waals surface area contributed by atoms with E-state index in [0.29, 0.717) is 25.1 Å². The molecular weight excluding hydrogens is 352 g/mol. The Labute approximate surface area is 163 Å². The summed E-state index contributed by atoms with van der Waals surface area (Å²) in [6.45, 7) is 1.09. The first kappa shape index (κ1) is 18.0. The molecule has 1 saturated heterocycles. The number of carbonyl (C=O) groups excluding carboxylic acids is 2. The highest BCUT2D eigenvalue weighted by Crippen LogP contribution is 2.22. The van der Waals surface area contributed by atoms with Crippen LogP contribution < -0.4 is 5.32 Å². The van der Waals surface area contributed by atoms with E-state index < -0.39 is 0 Å². The minimum atomic E-state index is -0.116. The lowest BCUT2D eigenvalue weighted by Crippen LogP contribution is -2.33. The molecule has 1 aliphatic rings. The second kappa shape index (κ2) is 7.68. The van der Waals surface area contributed by atoms with Gasteiger partial charge < -0.3 is 14.8 Å². The first-order valence-electron chi connectivity index (χ1n) is 9.36. The highest BCUT2D eigenvalue weighted by molar-refractivity contribution is 5.95. The zero-order valence-corrected chi connectivity index (χ0v) is 15.7. The normalized spacial score (nSPS) is 16.2. The van der Waals surface area contributed by atoms with Gasteiger partial charge in [0.1, 0.15) is 0 Å². The Bertz CT molecular complexity index is 979. The molecule has 0 bridgehead atoms. The molecule has 1 aliphatic heterocycles. The van der Waals surface area contributed by atoms with Crippen molar-refractivity contribution < 1.29 is 9.59 Å². The van der Waals surface area contributed by atoms with Crippen LogP contribution in [-0.4, -0.2) is 46.4 Å². The molecule has 1 aromatic heterocycles. The number of likely N-dealkylation sites (tertiary alicyclic amines) is 1. The summed E-state index contributed by atoms with van der Waals surface area (Å²) in [7, 11) is 1.63. The summed E-state index contributed by atoms with van der Waals surface area (Å²) < 4.78 is 1.97. The van der Waals surface area contributed by atoms with Gasteiger partial charge in [-0.05, 0) is 30.7 Å². The van der Waals surface area contributed by atoms with Gasteiger partial charge in [0.2, 0.25) is 5.91 Å². The van der Waals surface area contributed by atoms with Crippen molar-refractivity contribution in [3.05, 3.63) is 72.7 Å². The van der Waals surface area contributed by atoms with Crippen molar-refractivity contribution in [1.82, 2.24) is 19.8 Å². The van der Waals surface area contributed by atoms with Crippen LogP contribution in [0.4, 0.5) is 0 Å². The second-order valence-corrected chi connectivity index (χ2v) is 6.93. The number of hydrogen-bond donors (Lipinski definition) is 1. The van der Waals surface area contributed by atoms with Crippen LogP contribution >= 0.6 is 0 Å². The maximum atomic E-state index is 12.7. The van der Waals surface area contributed by atoms with Gasteiger partial charge >= 0.3 is 0 Å². The third-order valence-corrected chi connectivity index (χ3v) is 5.16. The molecule has 0 radical (unpaired) electrons. The molecule has 1 fully saturated rings. The number of rotatable bonds is 4. The lowest BCUT2D eigenvalue weighted by atomic mass is 10.1. The number of carbonyl (C=O) groups is 2. The zero-order valence-electron chi connectivity index (χ0n) is 15.7. The average Bonchev–Trinajstić information content (AvgIpc) is 3.44. The van der Waals surface area contributed by atoms with Crippen LogP contribution in [0.15, 0.2) is 67.1 Å². The fourth-order valence-electron chi connectivity index (χ4n) is 3.54. The van der Waals surface area contributed by atoms with E-state index in [1.807, 2.05) is 65.4 Å². The Hall–Kier alpha value is -3.41. The molecule has 4 rings (SSSR count). The Morgan fingerprint density at radius 1 is 1.07 bits per heavy atom. The van der Waals surface area contributed by atoms with E-state index in [-0.39, 0.29) is 17.7 Å². The van der Waals surface area contributed by atoms with Gasteiger partial charge in [-0.25, -0.2) is 4.98 Å². The predicted octanol–water partition coefficient (Wildman–Crippen LogP) is 2.75. The highest BCUT2D eigenvalue weighted by atomic mass is 16.2. The third-order valence-electron chi connectivity index (χ3n) is 5.16. The molecule has 142 valence electrons. The molecule has 1 atom stereocenters. The van der Waals surface area contributed by atoms with Crippen LogP contribution in [0.3, 0.4) is 0 Å². The molecule has 6 nitrogen and oxygen atoms in total. The van der Waals surface area contributed by atoms with Crippen LogP contribution in [-0.2, 0) is 4.79 Å². The van der Waals surface area contributed by atoms with E-state index in [0.717, 1.165) is 16.9 Å². The topological polar surface area (TPSA) is 67.2 Å². The van der Waals surface area contributed by atoms with Gasteiger partial charge in [-0.15, -0.1) is 0 Å². The standard InChI is InChI=1S/C22H22N4O2/c1-23-21(27)18-11-12-25(13-18)22(28)17-9-7-16(8-10-17)20-14-26(15-24-20)19-5-3-2-4-6-19/h2-10,14-15,18H,11-13H2,1H3,(H,23,27)/t18-/m0/s1. The maximum absolute atomic E-state index is 12.7. The largest absolute Gasteiger partial charge is 0.359 e. The van der Waals surface area contributed by atoms with Crippen LogP contribution in [0.5, 0.6) is 0 Å². The minimum Gasteiger partial charge on any atom is -0.359 e. The van der Waals surface area contributed by atoms with Gasteiger partial charge in [-0.2, -0.15) is 0 Å². The second-order valence-electron chi connectivity index (χ2n) is 6.93. The molecule has 0 aliphatic carbocycles. The monoisotopic (exact) mass is 374 g/mol. The highest BCUT2D eigenvalue weighted by Gasteiger charge is 2.30. The first-order chi connectivity index (χ1) is 13.7. The fourth-order valence-corrected chi connectivity index (χ4v) is 3.54. The summed E-state index contributed by atoms with van der Waals surface area (Å²) in [5.41, 5.74) is 3.48. The van der Waals surface area contributed by atoms with Crippen LogP contribution in [0.1, 0.15) is 16.8 Å². The van der Waals surface area contributed by atoms with Gasteiger partial charge in [-0.1, -0.05) is 30.3 Å². The van der Waals surface area contributed by atoms with Crippen molar-refractivity contribution in [3.8, 4) is 16.9 Å². The quantitative estimate of drug-likeness (QED) is 0.764. The number of hydrogen-bond acceptors (Lipinski definition) is 3. The van der Waals surface area contributed by atoms with Crippen molar-refractivity contribution in [3.63, 3.8) is 0 Å². The van der Waals surface area contributed by atoms with E-state index >= 15 is 0 Å². The van der Waals surface area contributed by atoms with Crippen LogP contribution in [0.2, 0.25) is 0 Å². The molecule has 0 saturated carbocycles. The minimum absolute atomic E-state index is 0.000324. The number of nitrogens with zero attached hydrogens (tertiary/aromatic N) is 3. The molecule has 2 heterocycles. The van der Waals surface area contributed by atoms with E-state index in [1.165, 1.54) is 0 Å². The van der Waals surface area contributed by atoms with Crippen LogP contribution in [0.25, 0.3) is 16.9 Å². The lowest BCUT2D eigenvalue weighted by molar-refractivity contribution is -0.124. The number of para-hydroxylation sites is 1. The third kappa shape index (κ3) is 3.53. The fraction of sp³-hybridized carbons (Fsp3) is 0.227. The maximum Gasteiger partial charge on any atom is 0.253 e. The van der Waals surface area contributed by atoms with Crippen LogP contribution in [0, 0.1) is 5.92 Å². The Balaban J connectivity index is 1.47. The zero-order chi connectivity index (χ0) is 19.5. The van der Waals surface area contributed by atoms with Gasteiger partial charge in [0.25, 0.3) is 5.91 Å². The molecule has 0 spiro atoms. The molecule has 1 N–H and O–H groups in total. The van der Waals surface area contributed by atoms with Crippen molar-refractivity contribution in [1.29, 1.82) is 0 Å². The van der Waals surface area contributed by atoms with Crippen molar-refractivity contribution in [2.24, 2.45) is 5.92 Å². The Kier molecular flexibility index (Phi) is 4.93.